The molecule has 0 atom stereocenters. The van der Waals surface area contributed by atoms with Gasteiger partial charge >= 0.3 is 0 Å². The highest BCUT2D eigenvalue weighted by Crippen LogP contribution is 2.24. The lowest BCUT2D eigenvalue weighted by molar-refractivity contribution is 0.924. The number of benzene rings is 1. The van der Waals surface area contributed by atoms with Gasteiger partial charge < -0.3 is 11.1 Å². The molecule has 2 rings (SSSR count). The third kappa shape index (κ3) is 3.02. The summed E-state index contributed by atoms with van der Waals surface area (Å²) in [5, 5.41) is 11.1. The molecule has 6 heteroatoms. The summed E-state index contributed by atoms with van der Waals surface area (Å²) in [5.74, 6) is 0. The lowest BCUT2D eigenvalue weighted by Crippen LogP contribution is -2.14. The summed E-state index contributed by atoms with van der Waals surface area (Å²) in [5.41, 5.74) is 8.25. The Hall–Kier alpha value is -1.53. The molecule has 3 N–H and O–H groups in total. The number of nitrogens with one attached hydrogen (secondary N) is 1. The molecule has 0 saturated carbocycles. The van der Waals surface area contributed by atoms with Crippen molar-refractivity contribution in [3.8, 4) is 0 Å². The fourth-order valence-corrected chi connectivity index (χ4v) is 2.47. The first-order chi connectivity index (χ1) is 8.68. The number of nitrogens with two attached hydrogens (primary N) is 1. The molecular weight excluding hydrogens is 312 g/mol. The smallest absolute Gasteiger partial charge is 0.107 e. The number of aromatic nitrogens is 2. The molecule has 18 heavy (non-hydrogen) atoms. The first kappa shape index (κ1) is 12.9. The molecule has 92 valence electrons. The highest BCUT2D eigenvalue weighted by atomic mass is 79.9. The van der Waals surface area contributed by atoms with Gasteiger partial charge in [-0.3, -0.25) is 0 Å². The molecule has 0 fully saturated rings. The third-order valence-electron chi connectivity index (χ3n) is 2.35. The Morgan fingerprint density at radius 1 is 1.33 bits per heavy atom. The molecule has 1 aromatic heterocycles. The molecule has 1 heterocycles. The van der Waals surface area contributed by atoms with E-state index in [1.165, 1.54) is 0 Å². The van der Waals surface area contributed by atoms with Gasteiger partial charge in [0.05, 0.1) is 12.2 Å². The Balaban J connectivity index is 2.20. The van der Waals surface area contributed by atoms with Gasteiger partial charge in [-0.05, 0) is 40.2 Å². The van der Waals surface area contributed by atoms with Crippen LogP contribution in [0, 0.1) is 0 Å². The molecule has 2 aromatic rings. The Kier molecular flexibility index (Phi) is 4.22. The molecule has 0 spiro atoms. The molecule has 1 aromatic carbocycles. The van der Waals surface area contributed by atoms with E-state index >= 15 is 0 Å². The highest BCUT2D eigenvalue weighted by molar-refractivity contribution is 9.10. The average Bonchev–Trinajstić information content (AvgIpc) is 2.37. The number of hydrogen-bond acceptors (Lipinski definition) is 4. The Morgan fingerprint density at radius 3 is 2.83 bits per heavy atom. The quantitative estimate of drug-likeness (QED) is 0.847. The summed E-state index contributed by atoms with van der Waals surface area (Å²) in [7, 11) is 0. The molecule has 0 aliphatic rings. The van der Waals surface area contributed by atoms with Crippen molar-refractivity contribution >= 4 is 38.8 Å². The van der Waals surface area contributed by atoms with Crippen molar-refractivity contribution in [3.63, 3.8) is 0 Å². The predicted octanol–water partition coefficient (Wildman–Crippen LogP) is 2.49. The summed E-state index contributed by atoms with van der Waals surface area (Å²) in [4.78, 5) is 0.351. The molecule has 0 aliphatic carbocycles. The molecule has 0 aliphatic heterocycles. The van der Waals surface area contributed by atoms with Crippen LogP contribution in [0.4, 0.5) is 5.69 Å². The molecule has 0 saturated heterocycles. The molecule has 0 radical (unpaired) electrons. The standard InChI is InChI=1S/C12H11BrN4S/c13-9-4-1-5-10(11(9)12(14)18)15-7-8-3-2-6-16-17-8/h1-6,15H,7H2,(H2,14,18). The van der Waals surface area contributed by atoms with Gasteiger partial charge in [0.2, 0.25) is 0 Å². The van der Waals surface area contributed by atoms with Crippen LogP contribution in [0.25, 0.3) is 0 Å². The van der Waals surface area contributed by atoms with Crippen LogP contribution in [-0.4, -0.2) is 15.2 Å². The monoisotopic (exact) mass is 322 g/mol. The number of nitrogens with zero attached hydrogens (tertiary/aromatic N) is 2. The van der Waals surface area contributed by atoms with Crippen LogP contribution >= 0.6 is 28.1 Å². The van der Waals surface area contributed by atoms with Crippen molar-refractivity contribution < 1.29 is 0 Å². The van der Waals surface area contributed by atoms with Gasteiger partial charge in [-0.2, -0.15) is 10.2 Å². The van der Waals surface area contributed by atoms with Gasteiger partial charge in [-0.25, -0.2) is 0 Å². The second kappa shape index (κ2) is 5.88. The van der Waals surface area contributed by atoms with Crippen LogP contribution in [0.15, 0.2) is 41.0 Å². The average molecular weight is 323 g/mol. The lowest BCUT2D eigenvalue weighted by atomic mass is 10.1. The largest absolute Gasteiger partial charge is 0.389 e. The Morgan fingerprint density at radius 2 is 2.17 bits per heavy atom. The first-order valence-electron chi connectivity index (χ1n) is 5.27. The van der Waals surface area contributed by atoms with E-state index in [1.807, 2.05) is 30.3 Å². The van der Waals surface area contributed by atoms with Crippen molar-refractivity contribution in [1.82, 2.24) is 10.2 Å². The SMILES string of the molecule is NC(=S)c1c(Br)cccc1NCc1cccnn1. The van der Waals surface area contributed by atoms with Gasteiger partial charge in [-0.1, -0.05) is 18.3 Å². The topological polar surface area (TPSA) is 63.8 Å². The third-order valence-corrected chi connectivity index (χ3v) is 3.21. The number of hydrogen-bond donors (Lipinski definition) is 2. The molecule has 0 amide bonds. The van der Waals surface area contributed by atoms with Crippen LogP contribution in [-0.2, 0) is 6.54 Å². The molecule has 4 nitrogen and oxygen atoms in total. The van der Waals surface area contributed by atoms with E-state index in [4.69, 9.17) is 18.0 Å². The summed E-state index contributed by atoms with van der Waals surface area (Å²) in [6.45, 7) is 0.569. The number of halogens is 1. The maximum Gasteiger partial charge on any atom is 0.107 e. The van der Waals surface area contributed by atoms with E-state index in [0.29, 0.717) is 11.5 Å². The Bertz CT molecular complexity index is 559. The van der Waals surface area contributed by atoms with Crippen molar-refractivity contribution in [2.75, 3.05) is 5.32 Å². The van der Waals surface area contributed by atoms with Crippen LogP contribution in [0.2, 0.25) is 0 Å². The van der Waals surface area contributed by atoms with Crippen LogP contribution in [0.3, 0.4) is 0 Å². The zero-order chi connectivity index (χ0) is 13.0. The second-order valence-electron chi connectivity index (χ2n) is 3.60. The van der Waals surface area contributed by atoms with Crippen LogP contribution in [0.5, 0.6) is 0 Å². The normalized spacial score (nSPS) is 10.1. The summed E-state index contributed by atoms with van der Waals surface area (Å²) in [6.07, 6.45) is 1.64. The van der Waals surface area contributed by atoms with Gasteiger partial charge in [0.15, 0.2) is 0 Å². The van der Waals surface area contributed by atoms with Crippen LogP contribution < -0.4 is 11.1 Å². The predicted molar refractivity (Wildman–Crippen MR) is 79.4 cm³/mol. The minimum absolute atomic E-state index is 0.351. The van der Waals surface area contributed by atoms with E-state index in [1.54, 1.807) is 6.20 Å². The molecule has 0 unspecified atom stereocenters. The zero-order valence-corrected chi connectivity index (χ0v) is 11.8. The van der Waals surface area contributed by atoms with Crippen molar-refractivity contribution in [3.05, 3.63) is 52.3 Å². The van der Waals surface area contributed by atoms with Crippen LogP contribution in [0.1, 0.15) is 11.3 Å². The highest BCUT2D eigenvalue weighted by Gasteiger charge is 2.09. The first-order valence-corrected chi connectivity index (χ1v) is 6.47. The van der Waals surface area contributed by atoms with Gasteiger partial charge in [0.1, 0.15) is 4.99 Å². The number of rotatable bonds is 4. The zero-order valence-electron chi connectivity index (χ0n) is 9.43. The minimum Gasteiger partial charge on any atom is -0.389 e. The van der Waals surface area contributed by atoms with Crippen molar-refractivity contribution in [1.29, 1.82) is 0 Å². The number of anilines is 1. The maximum atomic E-state index is 5.72. The van der Waals surface area contributed by atoms with E-state index in [9.17, 15) is 0 Å². The second-order valence-corrected chi connectivity index (χ2v) is 4.89. The van der Waals surface area contributed by atoms with E-state index < -0.39 is 0 Å². The van der Waals surface area contributed by atoms with Crippen molar-refractivity contribution in [2.45, 2.75) is 6.54 Å². The fourth-order valence-electron chi connectivity index (χ4n) is 1.54. The summed E-state index contributed by atoms with van der Waals surface area (Å²) in [6, 6.07) is 9.50. The Labute approximate surface area is 119 Å². The molecular formula is C12H11BrN4S. The lowest BCUT2D eigenvalue weighted by Gasteiger charge is -2.12. The summed E-state index contributed by atoms with van der Waals surface area (Å²) < 4.78 is 0.874. The van der Waals surface area contributed by atoms with Crippen molar-refractivity contribution in [2.24, 2.45) is 5.73 Å². The fraction of sp³-hybridized carbons (Fsp3) is 0.0833. The van der Waals surface area contributed by atoms with E-state index in [-0.39, 0.29) is 0 Å². The number of thiocarbonyl (C=S) groups is 1. The minimum atomic E-state index is 0.351. The van der Waals surface area contributed by atoms with E-state index in [0.717, 1.165) is 21.4 Å². The summed E-state index contributed by atoms with van der Waals surface area (Å²) >= 11 is 8.49. The van der Waals surface area contributed by atoms with Gasteiger partial charge in [0, 0.05) is 21.9 Å². The van der Waals surface area contributed by atoms with Gasteiger partial charge in [0.25, 0.3) is 0 Å². The molecule has 0 bridgehead atoms. The van der Waals surface area contributed by atoms with E-state index in [2.05, 4.69) is 31.4 Å². The maximum absolute atomic E-state index is 5.72. The van der Waals surface area contributed by atoms with Gasteiger partial charge in [-0.15, -0.1) is 0 Å².